The highest BCUT2D eigenvalue weighted by Crippen LogP contribution is 2.43. The first-order chi connectivity index (χ1) is 68.1. The summed E-state index contributed by atoms with van der Waals surface area (Å²) in [6.45, 7) is 12.8. The summed E-state index contributed by atoms with van der Waals surface area (Å²) in [5.74, 6) is -0.698. The van der Waals surface area contributed by atoms with Crippen molar-refractivity contribution in [1.29, 1.82) is 0 Å². The molecule has 4 heterocycles. The van der Waals surface area contributed by atoms with Gasteiger partial charge >= 0.3 is 0 Å². The third-order valence-corrected chi connectivity index (χ3v) is 34.6. The Balaban J connectivity index is 0.000000166. The van der Waals surface area contributed by atoms with Gasteiger partial charge in [0.15, 0.2) is 24.8 Å². The minimum absolute atomic E-state index is 0. The number of carbonyl (C=O) groups is 3. The van der Waals surface area contributed by atoms with Crippen LogP contribution >= 0.6 is 61.8 Å². The number of nitro groups is 2. The van der Waals surface area contributed by atoms with Crippen molar-refractivity contribution < 1.29 is 99.2 Å². The number of non-ortho nitro benzene ring substituents is 2. The molecule has 0 saturated carbocycles. The van der Waals surface area contributed by atoms with E-state index in [2.05, 4.69) is 50.6 Å². The van der Waals surface area contributed by atoms with E-state index in [-0.39, 0.29) is 98.9 Å². The number of nitrogens with zero attached hydrogens (tertiary/aromatic N) is 5. The van der Waals surface area contributed by atoms with E-state index < -0.39 is 81.4 Å². The molecule has 9 N–H and O–H groups in total. The van der Waals surface area contributed by atoms with Gasteiger partial charge in [0.05, 0.1) is 103 Å². The van der Waals surface area contributed by atoms with Crippen molar-refractivity contribution in [2.75, 3.05) is 45.6 Å². The highest BCUT2D eigenvalue weighted by molar-refractivity contribution is 9.10. The summed E-state index contributed by atoms with van der Waals surface area (Å²) in [5, 5.41) is 60.1. The molecule has 13 aromatic carbocycles. The quantitative estimate of drug-likeness (QED) is 0.0142. The van der Waals surface area contributed by atoms with Crippen molar-refractivity contribution in [3.8, 4) is 34.4 Å². The fourth-order valence-corrected chi connectivity index (χ4v) is 25.3. The van der Waals surface area contributed by atoms with E-state index in [4.69, 9.17) is 43.1 Å². The predicted molar refractivity (Wildman–Crippen MR) is 567 cm³/mol. The van der Waals surface area contributed by atoms with Crippen LogP contribution in [-0.2, 0) is 79.8 Å². The average molecular weight is 2230 g/mol. The summed E-state index contributed by atoms with van der Waals surface area (Å²) in [6, 6.07) is 65.5. The number of carbonyl (C=O) groups excluding carboxylic acids is 3. The van der Waals surface area contributed by atoms with Crippen LogP contribution in [0.1, 0.15) is 85.6 Å². The largest absolute Gasteiger partial charge is 0.506 e. The standard InChI is InChI=1S/C22H24N2O4S.C18H21NO4S.C17H13BrN2O4S.C16H11ClN2O5S.C14H10ClNO3S2.C11H11N3O4S2.CH4/c1-15-9-10-16(14-20(15)29(25,26)13-11-17-6-5-12-28-17)21-18-7-3-4-8-19(18)22(27-2)24-23-21;1-4-23-15-7-5-14(6-8-15)11-24(21,22)17-10-16(18(19)20)12(2)9-13(17)3;1-11-14-7-2-3-8-15(14)17(10-16(11)18)19-25(23,24)13-6-4-5-12(9-13)20(21)22;17-14-9-15(12-6-1-2-7-13(12)16(14)20)18-25(23,24)11-5-3-4-10(8-11)19(21)22;15-11-8-12(9-4-1-2-5-10(9)14(11)17)16-21(18,19)13-6-3-7-20-13;1-6(15)12-11-13-9-4-3-8(5-10(9)19-11)20(17,18)14-7(2)16;/h3-4,7-10,14,17H,5-6,11-13H2,1-2H3;5-10H,4,11H2,1-3H3,(H2,19,20);2-10,19H,1H3;1-9,18,20H;1-8,16-17H;3-5H,1-2H3,(H,14,16)(H,12,13,15);1H4. The molecular weight excluding hydrogens is 2130 g/mol. The van der Waals surface area contributed by atoms with Crippen LogP contribution in [0.3, 0.4) is 0 Å². The third-order valence-electron chi connectivity index (χ3n) is 21.7. The second-order valence-corrected chi connectivity index (χ2v) is 46.5. The average Bonchev–Trinajstić information content (AvgIpc) is 1.05. The van der Waals surface area contributed by atoms with Gasteiger partial charge in [0.1, 0.15) is 27.2 Å². The molecule has 0 radical (unpaired) electrons. The zero-order chi connectivity index (χ0) is 105. The molecule has 35 nitrogen and oxygen atoms in total. The Kier molecular flexibility index (Phi) is 36.7. The monoisotopic (exact) mass is 2230 g/mol. The number of rotatable bonds is 26. The molecule has 3 aromatic heterocycles. The number of fused-ring (bicyclic) bond motifs is 5. The van der Waals surface area contributed by atoms with Crippen molar-refractivity contribution in [2.24, 2.45) is 5.73 Å². The first-order valence-corrected chi connectivity index (χ1v) is 55.5. The number of benzene rings is 13. The van der Waals surface area contributed by atoms with Crippen molar-refractivity contribution in [1.82, 2.24) is 19.9 Å². The Hall–Kier alpha value is -13.9. The molecule has 1 aliphatic rings. The van der Waals surface area contributed by atoms with Crippen molar-refractivity contribution in [2.45, 2.75) is 116 Å². The molecule has 1 saturated heterocycles. The number of halogens is 3. The molecule has 1 fully saturated rings. The van der Waals surface area contributed by atoms with E-state index in [1.165, 1.54) is 85.8 Å². The van der Waals surface area contributed by atoms with E-state index in [0.29, 0.717) is 100 Å². The van der Waals surface area contributed by atoms with Crippen LogP contribution in [0.15, 0.2) is 287 Å². The topological polar surface area (TPSA) is 535 Å². The number of hydrogen-bond acceptors (Lipinski definition) is 29. The number of ether oxygens (including phenoxy) is 3. The highest BCUT2D eigenvalue weighted by Gasteiger charge is 2.29. The molecule has 16 aromatic rings. The first kappa shape index (κ1) is 111. The highest BCUT2D eigenvalue weighted by atomic mass is 79.9. The fraction of sp³-hybridized carbons (Fsp3) is 0.172. The number of thiophene rings is 1. The van der Waals surface area contributed by atoms with E-state index >= 15 is 0 Å². The number of nitrogens with two attached hydrogens (primary N) is 1. The van der Waals surface area contributed by atoms with Crippen molar-refractivity contribution in [3.63, 3.8) is 0 Å². The summed E-state index contributed by atoms with van der Waals surface area (Å²) in [7, 11) is -21.0. The van der Waals surface area contributed by atoms with Crippen molar-refractivity contribution >= 4 is 226 Å². The van der Waals surface area contributed by atoms with Gasteiger partial charge in [-0.25, -0.2) is 60.2 Å². The third kappa shape index (κ3) is 27.8. The van der Waals surface area contributed by atoms with Gasteiger partial charge in [0.2, 0.25) is 23.6 Å². The number of aromatic nitrogens is 3. The smallest absolute Gasteiger partial charge is 0.271 e. The number of phenols is 2. The number of aryl methyl sites for hydroxylation is 4. The van der Waals surface area contributed by atoms with Crippen LogP contribution in [0.5, 0.6) is 23.1 Å². The van der Waals surface area contributed by atoms with Gasteiger partial charge in [-0.3, -0.25) is 48.8 Å². The van der Waals surface area contributed by atoms with Gasteiger partial charge in [0.25, 0.3) is 51.5 Å². The summed E-state index contributed by atoms with van der Waals surface area (Å²) in [5.41, 5.74) is 11.4. The molecule has 3 amide bonds. The number of anilines is 4. The fourth-order valence-electron chi connectivity index (χ4n) is 14.8. The van der Waals surface area contributed by atoms with E-state index in [1.807, 2.05) is 86.2 Å². The van der Waals surface area contributed by atoms with Gasteiger partial charge in [-0.05, 0) is 177 Å². The number of nitrogens with one attached hydrogen (secondary N) is 5. The molecule has 1 aliphatic heterocycles. The van der Waals surface area contributed by atoms with Gasteiger partial charge in [-0.1, -0.05) is 197 Å². The molecule has 145 heavy (non-hydrogen) atoms. The van der Waals surface area contributed by atoms with Crippen LogP contribution in [0.2, 0.25) is 10.0 Å². The Morgan fingerprint density at radius 2 is 1.07 bits per heavy atom. The summed E-state index contributed by atoms with van der Waals surface area (Å²) in [4.78, 5) is 57.9. The van der Waals surface area contributed by atoms with Crippen LogP contribution in [-0.4, -0.2) is 136 Å². The molecule has 1 unspecified atom stereocenters. The lowest BCUT2D eigenvalue weighted by Crippen LogP contribution is -2.28. The maximum atomic E-state index is 13.0. The van der Waals surface area contributed by atoms with Gasteiger partial charge < -0.3 is 35.5 Å². The number of methoxy groups -OCH3 is 1. The van der Waals surface area contributed by atoms with Gasteiger partial charge in [0, 0.05) is 98.0 Å². The normalized spacial score (nSPS) is 12.4. The summed E-state index contributed by atoms with van der Waals surface area (Å²) < 4.78 is 177. The van der Waals surface area contributed by atoms with Crippen LogP contribution in [0.4, 0.5) is 33.6 Å². The number of thiazole rings is 1. The lowest BCUT2D eigenvalue weighted by Gasteiger charge is -2.13. The Labute approximate surface area is 861 Å². The molecule has 758 valence electrons. The maximum absolute atomic E-state index is 13.0. The Morgan fingerprint density at radius 1 is 0.552 bits per heavy atom. The lowest BCUT2D eigenvalue weighted by molar-refractivity contribution is -0.385. The molecule has 0 bridgehead atoms. The molecule has 0 spiro atoms. The van der Waals surface area contributed by atoms with Gasteiger partial charge in [-0.2, -0.15) is 0 Å². The SMILES string of the molecule is C.CC(=O)Nc1nc2ccc(S(=O)(=O)NC(C)=O)cc2s1.CCOc1ccc(CS(=O)(=O)c2cc(C(N)=O)c(C)cc2C)cc1.COc1nnc(-c2ccc(C)c(S(=O)(=O)CCC3CCCO3)c2)c2ccccc12.Cc1c(Br)cc(NS(=O)(=O)c2cccc([N+](=O)[O-])c2)c2ccccc12.O=S(=O)(Nc1cc(Cl)c(O)c2ccccc12)c1cccs1.O=[N+]([O-])c1cccc(S(=O)(=O)Nc2cc(Cl)c(O)c3ccccc23)c1. The van der Waals surface area contributed by atoms with E-state index in [0.717, 1.165) is 104 Å². The Morgan fingerprint density at radius 3 is 1.58 bits per heavy atom. The number of aromatic hydroxyl groups is 2. The second-order valence-electron chi connectivity index (χ2n) is 31.9. The number of nitro benzene ring substituents is 2. The minimum atomic E-state index is -4.09. The molecular formula is C99H94BrCl2N11O24S8. The number of amides is 3. The van der Waals surface area contributed by atoms with Crippen molar-refractivity contribution in [3.05, 3.63) is 322 Å². The van der Waals surface area contributed by atoms with E-state index in [1.54, 1.807) is 123 Å². The molecule has 1 atom stereocenters. The minimum Gasteiger partial charge on any atom is -0.506 e. The van der Waals surface area contributed by atoms with Crippen LogP contribution in [0, 0.1) is 47.9 Å². The first-order valence-electron chi connectivity index (χ1n) is 43.0. The molecule has 46 heteroatoms. The van der Waals surface area contributed by atoms with E-state index in [9.17, 15) is 95.3 Å². The molecule has 0 aliphatic carbocycles. The number of primary amides is 1. The number of sulfone groups is 2. The van der Waals surface area contributed by atoms with Gasteiger partial charge in [-0.15, -0.1) is 21.5 Å². The zero-order valence-corrected chi connectivity index (χ0v) is 87.0. The lowest BCUT2D eigenvalue weighted by atomic mass is 10.0. The number of hydrogen-bond donors (Lipinski definition) is 8. The number of phenolic OH excluding ortho intramolecular Hbond substituents is 2. The van der Waals surface area contributed by atoms with Crippen LogP contribution in [0.25, 0.3) is 64.6 Å². The molecule has 17 rings (SSSR count). The zero-order valence-electron chi connectivity index (χ0n) is 77.4. The van der Waals surface area contributed by atoms with Crippen LogP contribution < -0.4 is 39.4 Å². The maximum Gasteiger partial charge on any atom is 0.271 e. The number of sulfonamides is 4. The summed E-state index contributed by atoms with van der Waals surface area (Å²) >= 11 is 17.6. The predicted octanol–water partition coefficient (Wildman–Crippen LogP) is 21.0. The second kappa shape index (κ2) is 47.7. The Bertz CT molecular complexity index is 8230. The summed E-state index contributed by atoms with van der Waals surface area (Å²) in [6.07, 6.45) is 2.51.